The van der Waals surface area contributed by atoms with Gasteiger partial charge in [0, 0.05) is 0 Å². The van der Waals surface area contributed by atoms with E-state index in [1.54, 1.807) is 0 Å². The molecule has 0 aromatic heterocycles. The lowest BCUT2D eigenvalue weighted by Crippen LogP contribution is -2.17. The molecule has 0 aliphatic heterocycles. The molecular weight excluding hydrogens is 146 g/mol. The van der Waals surface area contributed by atoms with Crippen LogP contribution in [0.3, 0.4) is 0 Å². The van der Waals surface area contributed by atoms with E-state index in [0.717, 1.165) is 24.3 Å². The van der Waals surface area contributed by atoms with Gasteiger partial charge in [0.25, 0.3) is 0 Å². The van der Waals surface area contributed by atoms with Crippen LogP contribution in [0, 0.1) is 17.8 Å². The van der Waals surface area contributed by atoms with Gasteiger partial charge >= 0.3 is 0 Å². The lowest BCUT2D eigenvalue weighted by atomic mass is 9.86. The van der Waals surface area contributed by atoms with Crippen LogP contribution in [0.4, 0.5) is 0 Å². The van der Waals surface area contributed by atoms with Gasteiger partial charge < -0.3 is 5.73 Å². The van der Waals surface area contributed by atoms with Crippen LogP contribution in [-0.4, -0.2) is 6.54 Å². The van der Waals surface area contributed by atoms with Crippen molar-refractivity contribution in [3.8, 4) is 0 Å². The SMILES string of the molecule is NCCC1C2CCCCC1CC2. The molecule has 2 unspecified atom stereocenters. The average Bonchev–Trinajstić information content (AvgIpc) is 2.26. The highest BCUT2D eigenvalue weighted by Gasteiger charge is 2.36. The number of hydrogen-bond donors (Lipinski definition) is 1. The molecule has 2 saturated carbocycles. The van der Waals surface area contributed by atoms with Gasteiger partial charge in [-0.25, -0.2) is 0 Å². The van der Waals surface area contributed by atoms with Gasteiger partial charge in [-0.3, -0.25) is 0 Å². The van der Waals surface area contributed by atoms with Gasteiger partial charge in [-0.05, 0) is 43.6 Å². The summed E-state index contributed by atoms with van der Waals surface area (Å²) in [4.78, 5) is 0. The zero-order valence-electron chi connectivity index (χ0n) is 7.97. The van der Waals surface area contributed by atoms with Crippen LogP contribution in [0.15, 0.2) is 0 Å². The predicted octanol–water partition coefficient (Wildman–Crippen LogP) is 2.55. The Balaban J connectivity index is 1.99. The average molecular weight is 167 g/mol. The Hall–Kier alpha value is -0.0400. The molecule has 2 fully saturated rings. The molecule has 2 aliphatic carbocycles. The van der Waals surface area contributed by atoms with Crippen molar-refractivity contribution in [2.45, 2.75) is 44.9 Å². The predicted molar refractivity (Wildman–Crippen MR) is 51.8 cm³/mol. The third-order valence-electron chi connectivity index (χ3n) is 4.02. The molecule has 0 amide bonds. The van der Waals surface area contributed by atoms with E-state index >= 15 is 0 Å². The third-order valence-corrected chi connectivity index (χ3v) is 4.02. The first-order valence-corrected chi connectivity index (χ1v) is 5.62. The smallest absolute Gasteiger partial charge is 0.00744 e. The van der Waals surface area contributed by atoms with Crippen LogP contribution in [-0.2, 0) is 0 Å². The Morgan fingerprint density at radius 1 is 0.917 bits per heavy atom. The second kappa shape index (κ2) is 3.78. The Kier molecular flexibility index (Phi) is 2.69. The fourth-order valence-electron chi connectivity index (χ4n) is 3.43. The molecule has 2 bridgehead atoms. The van der Waals surface area contributed by atoms with E-state index in [-0.39, 0.29) is 0 Å². The Bertz CT molecular complexity index is 130. The molecule has 0 spiro atoms. The van der Waals surface area contributed by atoms with Crippen molar-refractivity contribution in [3.05, 3.63) is 0 Å². The fraction of sp³-hybridized carbons (Fsp3) is 1.00. The summed E-state index contributed by atoms with van der Waals surface area (Å²) in [6, 6.07) is 0. The van der Waals surface area contributed by atoms with Crippen molar-refractivity contribution < 1.29 is 0 Å². The standard InChI is InChI=1S/C11H21N/c12-8-7-11-9-3-1-2-4-10(11)6-5-9/h9-11H,1-8,12H2. The highest BCUT2D eigenvalue weighted by Crippen LogP contribution is 2.46. The highest BCUT2D eigenvalue weighted by atomic mass is 14.5. The van der Waals surface area contributed by atoms with Gasteiger partial charge in [-0.15, -0.1) is 0 Å². The lowest BCUT2D eigenvalue weighted by Gasteiger charge is -2.20. The summed E-state index contributed by atoms with van der Waals surface area (Å²) in [7, 11) is 0. The van der Waals surface area contributed by atoms with Gasteiger partial charge in [0.15, 0.2) is 0 Å². The minimum atomic E-state index is 0.914. The number of nitrogens with two attached hydrogens (primary N) is 1. The van der Waals surface area contributed by atoms with Crippen LogP contribution in [0.1, 0.15) is 44.9 Å². The molecule has 0 aromatic rings. The Morgan fingerprint density at radius 2 is 1.50 bits per heavy atom. The zero-order chi connectivity index (χ0) is 8.39. The molecule has 1 nitrogen and oxygen atoms in total. The molecular formula is C11H21N. The van der Waals surface area contributed by atoms with E-state index in [0.29, 0.717) is 0 Å². The van der Waals surface area contributed by atoms with Gasteiger partial charge in [0.2, 0.25) is 0 Å². The van der Waals surface area contributed by atoms with Gasteiger partial charge in [0.05, 0.1) is 0 Å². The number of rotatable bonds is 2. The van der Waals surface area contributed by atoms with Crippen LogP contribution in [0.25, 0.3) is 0 Å². The lowest BCUT2D eigenvalue weighted by molar-refractivity contribution is 0.299. The van der Waals surface area contributed by atoms with Crippen molar-refractivity contribution in [2.24, 2.45) is 23.5 Å². The van der Waals surface area contributed by atoms with E-state index in [2.05, 4.69) is 0 Å². The van der Waals surface area contributed by atoms with Crippen molar-refractivity contribution in [1.29, 1.82) is 0 Å². The molecule has 0 saturated heterocycles. The molecule has 2 rings (SSSR count). The largest absolute Gasteiger partial charge is 0.330 e. The van der Waals surface area contributed by atoms with Crippen LogP contribution < -0.4 is 5.73 Å². The van der Waals surface area contributed by atoms with Gasteiger partial charge in [-0.1, -0.05) is 25.7 Å². The second-order valence-electron chi connectivity index (χ2n) is 4.62. The molecule has 2 atom stereocenters. The van der Waals surface area contributed by atoms with Gasteiger partial charge in [0.1, 0.15) is 0 Å². The zero-order valence-corrected chi connectivity index (χ0v) is 7.97. The van der Waals surface area contributed by atoms with Crippen LogP contribution in [0.5, 0.6) is 0 Å². The molecule has 0 radical (unpaired) electrons. The maximum absolute atomic E-state index is 5.66. The summed E-state index contributed by atoms with van der Waals surface area (Å²) in [5.41, 5.74) is 5.66. The summed E-state index contributed by atoms with van der Waals surface area (Å²) in [6.07, 6.45) is 10.3. The normalized spacial score (nSPS) is 41.2. The molecule has 1 heteroatoms. The highest BCUT2D eigenvalue weighted by molar-refractivity contribution is 4.87. The minimum Gasteiger partial charge on any atom is -0.330 e. The topological polar surface area (TPSA) is 26.0 Å². The molecule has 70 valence electrons. The fourth-order valence-corrected chi connectivity index (χ4v) is 3.43. The monoisotopic (exact) mass is 167 g/mol. The van der Waals surface area contributed by atoms with E-state index < -0.39 is 0 Å². The van der Waals surface area contributed by atoms with E-state index in [4.69, 9.17) is 5.73 Å². The maximum Gasteiger partial charge on any atom is -0.00744 e. The van der Waals surface area contributed by atoms with E-state index in [9.17, 15) is 0 Å². The van der Waals surface area contributed by atoms with Crippen molar-refractivity contribution in [3.63, 3.8) is 0 Å². The summed E-state index contributed by atoms with van der Waals surface area (Å²) >= 11 is 0. The summed E-state index contributed by atoms with van der Waals surface area (Å²) < 4.78 is 0. The first-order valence-electron chi connectivity index (χ1n) is 5.62. The number of hydrogen-bond acceptors (Lipinski definition) is 1. The van der Waals surface area contributed by atoms with Crippen molar-refractivity contribution in [2.75, 3.05) is 6.54 Å². The first kappa shape index (κ1) is 8.55. The minimum absolute atomic E-state index is 0.914. The van der Waals surface area contributed by atoms with E-state index in [1.165, 1.54) is 44.9 Å². The Morgan fingerprint density at radius 3 is 2.00 bits per heavy atom. The van der Waals surface area contributed by atoms with Crippen LogP contribution in [0.2, 0.25) is 0 Å². The van der Waals surface area contributed by atoms with Crippen molar-refractivity contribution in [1.82, 2.24) is 0 Å². The van der Waals surface area contributed by atoms with Crippen LogP contribution >= 0.6 is 0 Å². The molecule has 0 heterocycles. The summed E-state index contributed by atoms with van der Waals surface area (Å²) in [6.45, 7) is 0.914. The summed E-state index contributed by atoms with van der Waals surface area (Å²) in [5, 5.41) is 0. The molecule has 2 N–H and O–H groups in total. The third kappa shape index (κ3) is 1.52. The maximum atomic E-state index is 5.66. The quantitative estimate of drug-likeness (QED) is 0.672. The molecule has 2 aliphatic rings. The van der Waals surface area contributed by atoms with Gasteiger partial charge in [-0.2, -0.15) is 0 Å². The molecule has 12 heavy (non-hydrogen) atoms. The van der Waals surface area contributed by atoms with E-state index in [1.807, 2.05) is 0 Å². The van der Waals surface area contributed by atoms with Crippen molar-refractivity contribution >= 4 is 0 Å². The molecule has 0 aromatic carbocycles. The Labute approximate surface area is 75.7 Å². The summed E-state index contributed by atoms with van der Waals surface area (Å²) in [5.74, 6) is 3.12. The second-order valence-corrected chi connectivity index (χ2v) is 4.62. The first-order chi connectivity index (χ1) is 5.92. The number of fused-ring (bicyclic) bond motifs is 2.